The number of alkyl halides is 3. The molecule has 0 radical (unpaired) electrons. The fourth-order valence-electron chi connectivity index (χ4n) is 3.39. The van der Waals surface area contributed by atoms with Crippen molar-refractivity contribution in [2.45, 2.75) is 13.3 Å². The first-order chi connectivity index (χ1) is 17.2. The summed E-state index contributed by atoms with van der Waals surface area (Å²) in [6, 6.07) is 21.7. The predicted molar refractivity (Wildman–Crippen MR) is 135 cm³/mol. The van der Waals surface area contributed by atoms with Crippen LogP contribution in [-0.4, -0.2) is 29.1 Å². The number of halogens is 3. The lowest BCUT2D eigenvalue weighted by Gasteiger charge is -2.18. The van der Waals surface area contributed by atoms with Crippen LogP contribution in [0, 0.1) is 6.92 Å². The summed E-state index contributed by atoms with van der Waals surface area (Å²) in [4.78, 5) is 31.7. The van der Waals surface area contributed by atoms with E-state index in [-0.39, 0.29) is 28.2 Å². The number of hydrogen-bond acceptors (Lipinski definition) is 5. The Hall–Kier alpha value is -4.05. The number of nitrogens with zero attached hydrogens (tertiary/aromatic N) is 2. The smallest absolute Gasteiger partial charge is 0.404 e. The predicted octanol–water partition coefficient (Wildman–Crippen LogP) is 6.01. The molecule has 1 aliphatic heterocycles. The summed E-state index contributed by atoms with van der Waals surface area (Å²) in [5.74, 6) is -1.66. The van der Waals surface area contributed by atoms with E-state index in [1.54, 1.807) is 30.3 Å². The van der Waals surface area contributed by atoms with Crippen LogP contribution in [0.3, 0.4) is 0 Å². The fraction of sp³-hybridized carbons (Fsp3) is 0.115. The molecule has 1 heterocycles. The van der Waals surface area contributed by atoms with Gasteiger partial charge in [-0.15, -0.1) is 13.2 Å². The average Bonchev–Trinajstić information content (AvgIpc) is 3.15. The van der Waals surface area contributed by atoms with E-state index in [2.05, 4.69) is 15.0 Å². The number of amides is 2. The quantitative estimate of drug-likeness (QED) is 0.412. The largest absolute Gasteiger partial charge is 0.573 e. The average molecular weight is 512 g/mol. The number of carbonyl (C=O) groups excluding carboxylic acids is 2. The Morgan fingerprint density at radius 1 is 1.03 bits per heavy atom. The van der Waals surface area contributed by atoms with Crippen LogP contribution in [0.4, 0.5) is 24.5 Å². The van der Waals surface area contributed by atoms with Gasteiger partial charge in [0.15, 0.2) is 10.9 Å². The standard InChI is InChI=1S/C26H20F3N3O3S/c1-17-9-5-6-10-18(17)15-21-24(34)32(19-11-3-2-4-12-19)25(31-21)36-16-23(33)30-20-13-7-8-14-22(20)35-26(27,28)29/h2-15H,16H2,1H3,(H,30,33). The first-order valence-corrected chi connectivity index (χ1v) is 11.7. The van der Waals surface area contributed by atoms with Crippen molar-refractivity contribution in [1.82, 2.24) is 0 Å². The highest BCUT2D eigenvalue weighted by molar-refractivity contribution is 8.14. The van der Waals surface area contributed by atoms with Crippen LogP contribution in [0.25, 0.3) is 6.08 Å². The van der Waals surface area contributed by atoms with Crippen molar-refractivity contribution in [2.24, 2.45) is 4.99 Å². The summed E-state index contributed by atoms with van der Waals surface area (Å²) in [7, 11) is 0. The molecule has 0 atom stereocenters. The lowest BCUT2D eigenvalue weighted by Crippen LogP contribution is -2.31. The van der Waals surface area contributed by atoms with Crippen LogP contribution in [0.1, 0.15) is 11.1 Å². The van der Waals surface area contributed by atoms with Gasteiger partial charge in [0.05, 0.1) is 17.1 Å². The van der Waals surface area contributed by atoms with Crippen LogP contribution in [0.5, 0.6) is 5.75 Å². The molecule has 2 amide bonds. The molecule has 0 aromatic heterocycles. The molecule has 3 aromatic rings. The third-order valence-corrected chi connectivity index (χ3v) is 5.98. The van der Waals surface area contributed by atoms with Crippen molar-refractivity contribution in [3.05, 3.63) is 95.7 Å². The number of hydrogen-bond donors (Lipinski definition) is 1. The molecule has 6 nitrogen and oxygen atoms in total. The van der Waals surface area contributed by atoms with E-state index in [0.717, 1.165) is 29.0 Å². The summed E-state index contributed by atoms with van der Waals surface area (Å²) in [5, 5.41) is 2.70. The Balaban J connectivity index is 1.54. The number of anilines is 2. The van der Waals surface area contributed by atoms with Crippen molar-refractivity contribution in [2.75, 3.05) is 16.0 Å². The van der Waals surface area contributed by atoms with E-state index in [9.17, 15) is 22.8 Å². The number of amidine groups is 1. The minimum atomic E-state index is -4.90. The lowest BCUT2D eigenvalue weighted by atomic mass is 10.1. The second-order valence-electron chi connectivity index (χ2n) is 7.64. The van der Waals surface area contributed by atoms with E-state index < -0.39 is 18.0 Å². The molecule has 4 rings (SSSR count). The first kappa shape index (κ1) is 25.1. The Labute approximate surface area is 209 Å². The molecule has 10 heteroatoms. The van der Waals surface area contributed by atoms with E-state index >= 15 is 0 Å². The highest BCUT2D eigenvalue weighted by Gasteiger charge is 2.33. The summed E-state index contributed by atoms with van der Waals surface area (Å²) in [6.07, 6.45) is -3.21. The Kier molecular flexibility index (Phi) is 7.44. The molecule has 1 aliphatic rings. The lowest BCUT2D eigenvalue weighted by molar-refractivity contribution is -0.274. The van der Waals surface area contributed by atoms with Crippen LogP contribution in [0.2, 0.25) is 0 Å². The number of carbonyl (C=O) groups is 2. The number of rotatable bonds is 6. The number of ether oxygens (including phenoxy) is 1. The van der Waals surface area contributed by atoms with Crippen molar-refractivity contribution >= 4 is 46.2 Å². The topological polar surface area (TPSA) is 71.0 Å². The summed E-state index contributed by atoms with van der Waals surface area (Å²) < 4.78 is 42.0. The normalized spacial score (nSPS) is 14.7. The monoisotopic (exact) mass is 511 g/mol. The molecule has 1 N–H and O–H groups in total. The number of nitrogens with one attached hydrogen (secondary N) is 1. The van der Waals surface area contributed by atoms with Gasteiger partial charge in [0.25, 0.3) is 5.91 Å². The SMILES string of the molecule is Cc1ccccc1C=C1N=C(SCC(=O)Nc2ccccc2OC(F)(F)F)N(c2ccccc2)C1=O. The van der Waals surface area contributed by atoms with E-state index in [1.807, 2.05) is 37.3 Å². The van der Waals surface area contributed by atoms with Gasteiger partial charge in [-0.05, 0) is 48.4 Å². The van der Waals surface area contributed by atoms with Crippen molar-refractivity contribution in [3.63, 3.8) is 0 Å². The van der Waals surface area contributed by atoms with E-state index in [1.165, 1.54) is 23.1 Å². The van der Waals surface area contributed by atoms with Gasteiger partial charge >= 0.3 is 6.36 Å². The van der Waals surface area contributed by atoms with Crippen LogP contribution < -0.4 is 15.0 Å². The van der Waals surface area contributed by atoms with Gasteiger partial charge in [0, 0.05) is 0 Å². The fourth-order valence-corrected chi connectivity index (χ4v) is 4.21. The summed E-state index contributed by atoms with van der Waals surface area (Å²) >= 11 is 0.995. The van der Waals surface area contributed by atoms with E-state index in [4.69, 9.17) is 0 Å². The van der Waals surface area contributed by atoms with Gasteiger partial charge < -0.3 is 10.1 Å². The van der Waals surface area contributed by atoms with Crippen LogP contribution >= 0.6 is 11.8 Å². The molecule has 0 aliphatic carbocycles. The third-order valence-electron chi connectivity index (χ3n) is 5.04. The maximum Gasteiger partial charge on any atom is 0.573 e. The maximum atomic E-state index is 13.3. The second-order valence-corrected chi connectivity index (χ2v) is 8.58. The second kappa shape index (κ2) is 10.7. The molecule has 0 spiro atoms. The Morgan fingerprint density at radius 2 is 1.69 bits per heavy atom. The molecule has 0 saturated carbocycles. The molecule has 3 aromatic carbocycles. The van der Waals surface area contributed by atoms with Crippen LogP contribution in [0.15, 0.2) is 89.6 Å². The number of aryl methyl sites for hydroxylation is 1. The number of para-hydroxylation sites is 3. The van der Waals surface area contributed by atoms with Crippen molar-refractivity contribution in [1.29, 1.82) is 0 Å². The minimum Gasteiger partial charge on any atom is -0.404 e. The number of aliphatic imine (C=N–C) groups is 1. The minimum absolute atomic E-state index is 0.120. The van der Waals surface area contributed by atoms with Crippen molar-refractivity contribution in [3.8, 4) is 5.75 Å². The van der Waals surface area contributed by atoms with Gasteiger partial charge in [0.2, 0.25) is 5.91 Å². The zero-order chi connectivity index (χ0) is 25.7. The van der Waals surface area contributed by atoms with Gasteiger partial charge in [-0.25, -0.2) is 4.99 Å². The molecule has 184 valence electrons. The molecular weight excluding hydrogens is 491 g/mol. The molecular formula is C26H20F3N3O3S. The van der Waals surface area contributed by atoms with Crippen molar-refractivity contribution < 1.29 is 27.5 Å². The molecule has 0 fully saturated rings. The van der Waals surface area contributed by atoms with Crippen LogP contribution in [-0.2, 0) is 9.59 Å². The Morgan fingerprint density at radius 3 is 2.42 bits per heavy atom. The molecule has 0 unspecified atom stereocenters. The number of thioether (sulfide) groups is 1. The maximum absolute atomic E-state index is 13.3. The zero-order valence-electron chi connectivity index (χ0n) is 19.0. The Bertz CT molecular complexity index is 1340. The third kappa shape index (κ3) is 6.14. The molecule has 0 saturated heterocycles. The first-order valence-electron chi connectivity index (χ1n) is 10.7. The highest BCUT2D eigenvalue weighted by atomic mass is 32.2. The number of benzene rings is 3. The van der Waals surface area contributed by atoms with Gasteiger partial charge in [-0.2, -0.15) is 0 Å². The molecule has 36 heavy (non-hydrogen) atoms. The summed E-state index contributed by atoms with van der Waals surface area (Å²) in [6.45, 7) is 1.92. The highest BCUT2D eigenvalue weighted by Crippen LogP contribution is 2.32. The van der Waals surface area contributed by atoms with Gasteiger partial charge in [0.1, 0.15) is 5.70 Å². The zero-order valence-corrected chi connectivity index (χ0v) is 19.8. The van der Waals surface area contributed by atoms with Gasteiger partial charge in [-0.1, -0.05) is 66.4 Å². The van der Waals surface area contributed by atoms with E-state index in [0.29, 0.717) is 5.69 Å². The molecule has 0 bridgehead atoms. The van der Waals surface area contributed by atoms with Gasteiger partial charge in [-0.3, -0.25) is 14.5 Å². The summed E-state index contributed by atoms with van der Waals surface area (Å²) in [5.41, 5.74) is 2.47.